The Bertz CT molecular complexity index is 1190. The molecule has 2 heterocycles. The van der Waals surface area contributed by atoms with E-state index >= 15 is 0 Å². The first-order valence-corrected chi connectivity index (χ1v) is 8.83. The van der Waals surface area contributed by atoms with E-state index in [9.17, 15) is 9.59 Å². The highest BCUT2D eigenvalue weighted by Crippen LogP contribution is 2.49. The van der Waals surface area contributed by atoms with Crippen LogP contribution in [0.4, 0.5) is 0 Å². The number of rotatable bonds is 2. The maximum atomic E-state index is 12.0. The fourth-order valence-corrected chi connectivity index (χ4v) is 3.13. The molecule has 0 amide bonds. The third-order valence-electron chi connectivity index (χ3n) is 4.51. The van der Waals surface area contributed by atoms with E-state index in [1.54, 1.807) is 6.07 Å². The number of hydrogen-bond donors (Lipinski definition) is 2. The van der Waals surface area contributed by atoms with Crippen molar-refractivity contribution in [3.05, 3.63) is 79.2 Å². The number of hydrogen-bond acceptors (Lipinski definition) is 4. The van der Waals surface area contributed by atoms with E-state index in [-0.39, 0.29) is 17.4 Å². The van der Waals surface area contributed by atoms with Crippen LogP contribution in [0.15, 0.2) is 46.1 Å². The van der Waals surface area contributed by atoms with Gasteiger partial charge in [-0.3, -0.25) is 9.78 Å². The normalized spacial score (nSPS) is 17.9. The van der Waals surface area contributed by atoms with Gasteiger partial charge in [0.15, 0.2) is 5.15 Å². The van der Waals surface area contributed by atoms with Crippen molar-refractivity contribution in [2.45, 2.75) is 19.3 Å². The number of H-pyrrole nitrogens is 2. The predicted molar refractivity (Wildman–Crippen MR) is 103 cm³/mol. The molecule has 1 saturated carbocycles. The van der Waals surface area contributed by atoms with Gasteiger partial charge in [-0.15, -0.1) is 10.2 Å². The Morgan fingerprint density at radius 1 is 1.19 bits per heavy atom. The predicted octanol–water partition coefficient (Wildman–Crippen LogP) is 2.64. The minimum atomic E-state index is -0.570. The lowest BCUT2D eigenvalue weighted by atomic mass is 10.1. The Balaban J connectivity index is 1.59. The van der Waals surface area contributed by atoms with Crippen LogP contribution in [0.3, 0.4) is 0 Å². The highest BCUT2D eigenvalue weighted by atomic mass is 35.5. The minimum Gasteiger partial charge on any atom is -0.313 e. The van der Waals surface area contributed by atoms with Crippen molar-refractivity contribution in [3.63, 3.8) is 0 Å². The standard InChI is InChI=1S/C20H15ClN4O2/c1-11-2-4-12(5-3-11)6-7-13-8-14(13)15-9-17(24-25-18(15)21)16-10-22-20(27)23-19(16)26/h2-5,9-10,13-14H,8H2,1H3,(H2,22,23,26,27)/t13-,14-/m0/s1. The third-order valence-corrected chi connectivity index (χ3v) is 4.81. The van der Waals surface area contributed by atoms with Crippen LogP contribution in [0.2, 0.25) is 5.15 Å². The van der Waals surface area contributed by atoms with Gasteiger partial charge < -0.3 is 4.98 Å². The fourth-order valence-electron chi connectivity index (χ4n) is 2.89. The highest BCUT2D eigenvalue weighted by Gasteiger charge is 2.39. The summed E-state index contributed by atoms with van der Waals surface area (Å²) >= 11 is 6.22. The molecule has 0 saturated heterocycles. The second-order valence-electron chi connectivity index (χ2n) is 6.55. The van der Waals surface area contributed by atoms with Gasteiger partial charge in [-0.2, -0.15) is 0 Å². The van der Waals surface area contributed by atoms with Crippen LogP contribution >= 0.6 is 11.6 Å². The van der Waals surface area contributed by atoms with Gasteiger partial charge in [0, 0.05) is 23.6 Å². The van der Waals surface area contributed by atoms with Crippen LogP contribution in [0, 0.1) is 24.7 Å². The Hall–Kier alpha value is -3.17. The Kier molecular flexibility index (Phi) is 4.38. The summed E-state index contributed by atoms with van der Waals surface area (Å²) < 4.78 is 0. The molecule has 1 fully saturated rings. The van der Waals surface area contributed by atoms with E-state index in [2.05, 4.69) is 32.0 Å². The number of nitrogens with zero attached hydrogens (tertiary/aromatic N) is 2. The summed E-state index contributed by atoms with van der Waals surface area (Å²) in [6.45, 7) is 2.04. The number of aryl methyl sites for hydroxylation is 1. The van der Waals surface area contributed by atoms with Crippen molar-refractivity contribution in [1.29, 1.82) is 0 Å². The number of aromatic nitrogens is 4. The molecule has 3 aromatic rings. The average molecular weight is 379 g/mol. The molecule has 134 valence electrons. The number of halogens is 1. The number of nitrogens with one attached hydrogen (secondary N) is 2. The van der Waals surface area contributed by atoms with Gasteiger partial charge >= 0.3 is 5.69 Å². The molecule has 2 aromatic heterocycles. The van der Waals surface area contributed by atoms with Crippen molar-refractivity contribution in [1.82, 2.24) is 20.2 Å². The molecule has 0 radical (unpaired) electrons. The zero-order valence-electron chi connectivity index (χ0n) is 14.4. The first-order valence-electron chi connectivity index (χ1n) is 8.45. The Morgan fingerprint density at radius 3 is 2.70 bits per heavy atom. The zero-order valence-corrected chi connectivity index (χ0v) is 15.2. The summed E-state index contributed by atoms with van der Waals surface area (Å²) in [4.78, 5) is 27.8. The van der Waals surface area contributed by atoms with Crippen molar-refractivity contribution < 1.29 is 0 Å². The molecule has 0 spiro atoms. The van der Waals surface area contributed by atoms with Gasteiger partial charge in [-0.1, -0.05) is 41.1 Å². The zero-order chi connectivity index (χ0) is 19.0. The first kappa shape index (κ1) is 17.3. The van der Waals surface area contributed by atoms with Gasteiger partial charge in [0.25, 0.3) is 5.56 Å². The molecule has 4 rings (SSSR count). The van der Waals surface area contributed by atoms with E-state index in [1.807, 2.05) is 31.2 Å². The largest absolute Gasteiger partial charge is 0.325 e. The molecule has 0 aliphatic heterocycles. The molecular weight excluding hydrogens is 364 g/mol. The molecule has 6 nitrogen and oxygen atoms in total. The Labute approximate surface area is 159 Å². The maximum absolute atomic E-state index is 12.0. The lowest BCUT2D eigenvalue weighted by molar-refractivity contribution is 0.953. The monoisotopic (exact) mass is 378 g/mol. The molecule has 1 aromatic carbocycles. The Morgan fingerprint density at radius 2 is 1.96 bits per heavy atom. The van der Waals surface area contributed by atoms with Crippen molar-refractivity contribution in [2.24, 2.45) is 5.92 Å². The lowest BCUT2D eigenvalue weighted by Gasteiger charge is -2.04. The fraction of sp³-hybridized carbons (Fsp3) is 0.200. The average Bonchev–Trinajstić information content (AvgIpc) is 3.41. The van der Waals surface area contributed by atoms with Crippen LogP contribution < -0.4 is 11.2 Å². The second kappa shape index (κ2) is 6.86. The van der Waals surface area contributed by atoms with Crippen molar-refractivity contribution in [3.8, 4) is 23.1 Å². The third kappa shape index (κ3) is 3.69. The highest BCUT2D eigenvalue weighted by molar-refractivity contribution is 6.30. The molecular formula is C20H15ClN4O2. The lowest BCUT2D eigenvalue weighted by Crippen LogP contribution is -2.23. The van der Waals surface area contributed by atoms with Crippen LogP contribution in [0.5, 0.6) is 0 Å². The molecule has 0 bridgehead atoms. The van der Waals surface area contributed by atoms with E-state index < -0.39 is 11.2 Å². The summed E-state index contributed by atoms with van der Waals surface area (Å²) in [6, 6.07) is 9.82. The van der Waals surface area contributed by atoms with Crippen molar-refractivity contribution in [2.75, 3.05) is 0 Å². The molecule has 0 unspecified atom stereocenters. The molecule has 1 aliphatic rings. The molecule has 27 heavy (non-hydrogen) atoms. The topological polar surface area (TPSA) is 91.5 Å². The maximum Gasteiger partial charge on any atom is 0.325 e. The molecule has 1 aliphatic carbocycles. The molecule has 2 atom stereocenters. The van der Waals surface area contributed by atoms with E-state index in [0.717, 1.165) is 17.5 Å². The smallest absolute Gasteiger partial charge is 0.313 e. The summed E-state index contributed by atoms with van der Waals surface area (Å²) in [5, 5.41) is 8.25. The quantitative estimate of drug-likeness (QED) is 0.670. The first-order chi connectivity index (χ1) is 13.0. The summed E-state index contributed by atoms with van der Waals surface area (Å²) in [5.41, 5.74) is 2.50. The SMILES string of the molecule is Cc1ccc(C#C[C@H]2C[C@@H]2c2cc(-c3c[nH]c(=O)[nH]c3=O)nnc2Cl)cc1. The van der Waals surface area contributed by atoms with E-state index in [4.69, 9.17) is 11.6 Å². The second-order valence-corrected chi connectivity index (χ2v) is 6.90. The summed E-state index contributed by atoms with van der Waals surface area (Å²) in [7, 11) is 0. The van der Waals surface area contributed by atoms with Crippen LogP contribution in [0.25, 0.3) is 11.3 Å². The van der Waals surface area contributed by atoms with Gasteiger partial charge in [0.1, 0.15) is 5.69 Å². The van der Waals surface area contributed by atoms with Crippen molar-refractivity contribution >= 4 is 11.6 Å². The van der Waals surface area contributed by atoms with Gasteiger partial charge in [0.2, 0.25) is 0 Å². The van der Waals surface area contributed by atoms with E-state index in [0.29, 0.717) is 10.8 Å². The minimum absolute atomic E-state index is 0.159. The summed E-state index contributed by atoms with van der Waals surface area (Å²) in [6.07, 6.45) is 2.20. The van der Waals surface area contributed by atoms with Gasteiger partial charge in [-0.05, 0) is 37.1 Å². The van der Waals surface area contributed by atoms with E-state index in [1.165, 1.54) is 11.8 Å². The molecule has 2 N–H and O–H groups in total. The summed E-state index contributed by atoms with van der Waals surface area (Å²) in [5.74, 6) is 6.81. The van der Waals surface area contributed by atoms with Crippen LogP contribution in [-0.4, -0.2) is 20.2 Å². The molecule has 7 heteroatoms. The van der Waals surface area contributed by atoms with Gasteiger partial charge in [0.05, 0.1) is 5.56 Å². The number of benzene rings is 1. The van der Waals surface area contributed by atoms with Gasteiger partial charge in [-0.25, -0.2) is 4.79 Å². The number of aromatic amines is 2. The van der Waals surface area contributed by atoms with Crippen LogP contribution in [-0.2, 0) is 0 Å². The van der Waals surface area contributed by atoms with Crippen LogP contribution in [0.1, 0.15) is 29.0 Å².